The fraction of sp³-hybridized carbons (Fsp3) is 0.294. The fourth-order valence-corrected chi connectivity index (χ4v) is 2.26. The molecule has 2 rings (SSSR count). The van der Waals surface area contributed by atoms with Crippen LogP contribution in [-0.4, -0.2) is 6.04 Å². The molecule has 1 N–H and O–H groups in total. The van der Waals surface area contributed by atoms with Crippen LogP contribution in [0.2, 0.25) is 0 Å². The van der Waals surface area contributed by atoms with E-state index >= 15 is 0 Å². The molecule has 2 aromatic rings. The lowest BCUT2D eigenvalue weighted by Crippen LogP contribution is -2.22. The van der Waals surface area contributed by atoms with Crippen LogP contribution >= 0.6 is 15.9 Å². The lowest BCUT2D eigenvalue weighted by Gasteiger charge is -2.15. The van der Waals surface area contributed by atoms with Gasteiger partial charge in [0.1, 0.15) is 17.3 Å². The van der Waals surface area contributed by atoms with E-state index in [4.69, 9.17) is 4.74 Å². The van der Waals surface area contributed by atoms with Crippen molar-refractivity contribution in [2.45, 2.75) is 33.4 Å². The van der Waals surface area contributed by atoms with Gasteiger partial charge in [-0.3, -0.25) is 0 Å². The minimum atomic E-state index is -0.317. The molecule has 0 saturated heterocycles. The van der Waals surface area contributed by atoms with Crippen molar-refractivity contribution in [3.63, 3.8) is 0 Å². The molecule has 2 aromatic carbocycles. The van der Waals surface area contributed by atoms with Crippen LogP contribution in [0.15, 0.2) is 40.9 Å². The average Bonchev–Trinajstić information content (AvgIpc) is 2.43. The summed E-state index contributed by atoms with van der Waals surface area (Å²) in [6.07, 6.45) is 0. The monoisotopic (exact) mass is 351 g/mol. The van der Waals surface area contributed by atoms with Crippen molar-refractivity contribution in [3.8, 4) is 11.5 Å². The molecule has 0 fully saturated rings. The van der Waals surface area contributed by atoms with Gasteiger partial charge >= 0.3 is 0 Å². The summed E-state index contributed by atoms with van der Waals surface area (Å²) in [6, 6.07) is 10.8. The molecule has 0 unspecified atom stereocenters. The Morgan fingerprint density at radius 2 is 1.90 bits per heavy atom. The van der Waals surface area contributed by atoms with Gasteiger partial charge in [0, 0.05) is 24.2 Å². The van der Waals surface area contributed by atoms with Gasteiger partial charge in [-0.15, -0.1) is 0 Å². The molecule has 0 heterocycles. The van der Waals surface area contributed by atoms with Crippen LogP contribution in [0.25, 0.3) is 0 Å². The van der Waals surface area contributed by atoms with E-state index in [1.54, 1.807) is 6.07 Å². The van der Waals surface area contributed by atoms with Gasteiger partial charge in [-0.05, 0) is 41.1 Å². The van der Waals surface area contributed by atoms with Crippen molar-refractivity contribution >= 4 is 15.9 Å². The molecule has 21 heavy (non-hydrogen) atoms. The molecule has 0 bridgehead atoms. The second-order valence-corrected chi connectivity index (χ2v) is 6.18. The molecule has 2 nitrogen and oxygen atoms in total. The molecule has 0 aliphatic carbocycles. The molecule has 0 saturated carbocycles. The topological polar surface area (TPSA) is 21.3 Å². The molecule has 0 amide bonds. The summed E-state index contributed by atoms with van der Waals surface area (Å²) < 4.78 is 20.0. The molecule has 0 spiro atoms. The molecule has 0 radical (unpaired) electrons. The summed E-state index contributed by atoms with van der Waals surface area (Å²) in [7, 11) is 0. The summed E-state index contributed by atoms with van der Waals surface area (Å²) >= 11 is 3.38. The summed E-state index contributed by atoms with van der Waals surface area (Å²) in [5.74, 6) is 0.895. The lowest BCUT2D eigenvalue weighted by molar-refractivity contribution is 0.461. The van der Waals surface area contributed by atoms with E-state index in [0.717, 1.165) is 15.8 Å². The largest absolute Gasteiger partial charge is 0.456 e. The van der Waals surface area contributed by atoms with Crippen molar-refractivity contribution in [1.82, 2.24) is 5.32 Å². The maximum atomic E-state index is 13.4. The number of rotatable bonds is 5. The van der Waals surface area contributed by atoms with Crippen LogP contribution in [0.4, 0.5) is 4.39 Å². The van der Waals surface area contributed by atoms with Crippen LogP contribution in [-0.2, 0) is 6.54 Å². The van der Waals surface area contributed by atoms with Crippen molar-refractivity contribution in [2.75, 3.05) is 0 Å². The van der Waals surface area contributed by atoms with Gasteiger partial charge in [0.2, 0.25) is 0 Å². The Kier molecular flexibility index (Phi) is 5.37. The van der Waals surface area contributed by atoms with E-state index in [1.807, 2.05) is 19.1 Å². The summed E-state index contributed by atoms with van der Waals surface area (Å²) in [5, 5.41) is 3.38. The van der Waals surface area contributed by atoms with Gasteiger partial charge in [-0.2, -0.15) is 0 Å². The Hall–Kier alpha value is -1.39. The van der Waals surface area contributed by atoms with Gasteiger partial charge in [-0.25, -0.2) is 4.39 Å². The molecule has 0 aromatic heterocycles. The van der Waals surface area contributed by atoms with Gasteiger partial charge in [0.15, 0.2) is 0 Å². The van der Waals surface area contributed by atoms with Crippen LogP contribution in [0.1, 0.15) is 25.0 Å². The zero-order valence-electron chi connectivity index (χ0n) is 12.4. The van der Waals surface area contributed by atoms with Gasteiger partial charge in [-0.1, -0.05) is 31.5 Å². The number of halogens is 2. The second-order valence-electron chi connectivity index (χ2n) is 5.32. The lowest BCUT2D eigenvalue weighted by atomic mass is 10.1. The van der Waals surface area contributed by atoms with E-state index in [-0.39, 0.29) is 5.82 Å². The number of ether oxygens (including phenoxy) is 1. The average molecular weight is 352 g/mol. The van der Waals surface area contributed by atoms with E-state index in [1.165, 1.54) is 17.7 Å². The van der Waals surface area contributed by atoms with E-state index in [2.05, 4.69) is 41.2 Å². The normalized spacial score (nSPS) is 11.0. The molecule has 0 aliphatic heterocycles. The highest BCUT2D eigenvalue weighted by atomic mass is 79.9. The number of hydrogen-bond donors (Lipinski definition) is 1. The highest BCUT2D eigenvalue weighted by Gasteiger charge is 2.09. The quantitative estimate of drug-likeness (QED) is 0.800. The van der Waals surface area contributed by atoms with Gasteiger partial charge in [0.05, 0.1) is 4.47 Å². The van der Waals surface area contributed by atoms with Crippen molar-refractivity contribution < 1.29 is 9.13 Å². The fourth-order valence-electron chi connectivity index (χ4n) is 1.93. The first kappa shape index (κ1) is 16.0. The Bertz CT molecular complexity index is 628. The SMILES string of the molecule is Cc1ccc(Oc2cc(F)ccc2Br)c(CNC(C)C)c1. The van der Waals surface area contributed by atoms with Crippen molar-refractivity contribution in [1.29, 1.82) is 0 Å². The number of benzene rings is 2. The Balaban J connectivity index is 2.28. The Morgan fingerprint density at radius 3 is 2.62 bits per heavy atom. The predicted octanol–water partition coefficient (Wildman–Crippen LogP) is 5.19. The van der Waals surface area contributed by atoms with Crippen molar-refractivity contribution in [3.05, 3.63) is 57.8 Å². The molecule has 112 valence electrons. The third-order valence-electron chi connectivity index (χ3n) is 3.03. The Morgan fingerprint density at radius 1 is 1.14 bits per heavy atom. The molecule has 0 atom stereocenters. The Labute approximate surface area is 133 Å². The smallest absolute Gasteiger partial charge is 0.144 e. The third-order valence-corrected chi connectivity index (χ3v) is 3.69. The van der Waals surface area contributed by atoms with Gasteiger partial charge < -0.3 is 10.1 Å². The minimum Gasteiger partial charge on any atom is -0.456 e. The van der Waals surface area contributed by atoms with Crippen LogP contribution in [0, 0.1) is 12.7 Å². The number of nitrogens with one attached hydrogen (secondary N) is 1. The van der Waals surface area contributed by atoms with E-state index < -0.39 is 0 Å². The molecular weight excluding hydrogens is 333 g/mol. The maximum Gasteiger partial charge on any atom is 0.144 e. The second kappa shape index (κ2) is 7.05. The van der Waals surface area contributed by atoms with Crippen molar-refractivity contribution in [2.24, 2.45) is 0 Å². The predicted molar refractivity (Wildman–Crippen MR) is 87.3 cm³/mol. The summed E-state index contributed by atoms with van der Waals surface area (Å²) in [4.78, 5) is 0. The van der Waals surface area contributed by atoms with E-state index in [9.17, 15) is 4.39 Å². The summed E-state index contributed by atoms with van der Waals surface area (Å²) in [5.41, 5.74) is 2.22. The first-order chi connectivity index (χ1) is 9.95. The van der Waals surface area contributed by atoms with Crippen LogP contribution in [0.3, 0.4) is 0 Å². The first-order valence-corrected chi connectivity index (χ1v) is 7.71. The maximum absolute atomic E-state index is 13.4. The zero-order valence-corrected chi connectivity index (χ0v) is 14.0. The molecule has 4 heteroatoms. The summed E-state index contributed by atoms with van der Waals surface area (Å²) in [6.45, 7) is 6.95. The third kappa shape index (κ3) is 4.55. The van der Waals surface area contributed by atoms with Crippen LogP contribution in [0.5, 0.6) is 11.5 Å². The highest BCUT2D eigenvalue weighted by molar-refractivity contribution is 9.10. The van der Waals surface area contributed by atoms with Crippen LogP contribution < -0.4 is 10.1 Å². The standard InChI is InChI=1S/C17H19BrFNO/c1-11(2)20-10-13-8-12(3)4-7-16(13)21-17-9-14(19)5-6-15(17)18/h4-9,11,20H,10H2,1-3H3. The van der Waals surface area contributed by atoms with E-state index in [0.29, 0.717) is 18.3 Å². The minimum absolute atomic E-state index is 0.317. The highest BCUT2D eigenvalue weighted by Crippen LogP contribution is 2.32. The first-order valence-electron chi connectivity index (χ1n) is 6.91. The zero-order chi connectivity index (χ0) is 15.4. The molecule has 0 aliphatic rings. The number of hydrogen-bond acceptors (Lipinski definition) is 2. The molecular formula is C17H19BrFNO. The van der Waals surface area contributed by atoms with Gasteiger partial charge in [0.25, 0.3) is 0 Å². The number of aryl methyl sites for hydroxylation is 1.